The summed E-state index contributed by atoms with van der Waals surface area (Å²) < 4.78 is 4.46. The second-order valence-electron chi connectivity index (χ2n) is 7.60. The van der Waals surface area contributed by atoms with Crippen LogP contribution in [0.5, 0.6) is 0 Å². The van der Waals surface area contributed by atoms with Crippen LogP contribution in [0.15, 0.2) is 72.8 Å². The lowest BCUT2D eigenvalue weighted by Crippen LogP contribution is -1.94. The maximum absolute atomic E-state index is 9.43. The van der Waals surface area contributed by atoms with Crippen molar-refractivity contribution >= 4 is 53.3 Å². The third-order valence-corrected chi connectivity index (χ3v) is 7.08. The van der Waals surface area contributed by atoms with Crippen molar-refractivity contribution in [3.05, 3.63) is 89.5 Å². The molecule has 0 aliphatic heterocycles. The van der Waals surface area contributed by atoms with E-state index in [4.69, 9.17) is 0 Å². The summed E-state index contributed by atoms with van der Waals surface area (Å²) in [5.41, 5.74) is 4.82. The van der Waals surface area contributed by atoms with E-state index in [1.807, 2.05) is 60.7 Å². The second-order valence-corrected chi connectivity index (χ2v) is 8.65. The highest BCUT2D eigenvalue weighted by molar-refractivity contribution is 7.26. The first-order valence-electron chi connectivity index (χ1n) is 9.96. The van der Waals surface area contributed by atoms with Crippen molar-refractivity contribution in [2.75, 3.05) is 0 Å². The summed E-state index contributed by atoms with van der Waals surface area (Å²) in [5.74, 6) is 0. The van der Waals surface area contributed by atoms with Crippen LogP contribution in [-0.4, -0.2) is 4.57 Å². The fourth-order valence-corrected chi connectivity index (χ4v) is 5.64. The van der Waals surface area contributed by atoms with Crippen molar-refractivity contribution in [1.29, 1.82) is 15.8 Å². The van der Waals surface area contributed by atoms with Gasteiger partial charge in [-0.15, -0.1) is 11.3 Å². The Bertz CT molecular complexity index is 1800. The number of benzene rings is 4. The van der Waals surface area contributed by atoms with Crippen LogP contribution in [-0.2, 0) is 0 Å². The van der Waals surface area contributed by atoms with Gasteiger partial charge in [-0.3, -0.25) is 0 Å². The minimum absolute atomic E-state index is 0.586. The Labute approximate surface area is 187 Å². The van der Waals surface area contributed by atoms with E-state index in [1.54, 1.807) is 11.3 Å². The topological polar surface area (TPSA) is 76.3 Å². The Morgan fingerprint density at radius 1 is 0.594 bits per heavy atom. The molecule has 146 valence electrons. The zero-order valence-corrected chi connectivity index (χ0v) is 17.4. The predicted molar refractivity (Wildman–Crippen MR) is 128 cm³/mol. The first-order valence-corrected chi connectivity index (χ1v) is 10.8. The maximum atomic E-state index is 9.43. The third-order valence-electron chi connectivity index (χ3n) is 5.87. The van der Waals surface area contributed by atoms with Gasteiger partial charge >= 0.3 is 0 Å². The lowest BCUT2D eigenvalue weighted by Gasteiger charge is -2.09. The summed E-state index contributed by atoms with van der Waals surface area (Å²) in [6.45, 7) is 0. The predicted octanol–water partition coefficient (Wildman–Crippen LogP) is 6.77. The molecule has 4 nitrogen and oxygen atoms in total. The SMILES string of the molecule is N#Cc1ccc2sc3c(-n4c5ccc(C#N)cc5c5cc(C#N)ccc54)cccc3c2c1. The van der Waals surface area contributed by atoms with E-state index in [-0.39, 0.29) is 0 Å². The van der Waals surface area contributed by atoms with Gasteiger partial charge in [-0.05, 0) is 60.7 Å². The van der Waals surface area contributed by atoms with Crippen molar-refractivity contribution in [3.63, 3.8) is 0 Å². The van der Waals surface area contributed by atoms with Crippen molar-refractivity contribution in [1.82, 2.24) is 4.57 Å². The zero-order valence-electron chi connectivity index (χ0n) is 16.6. The summed E-state index contributed by atoms with van der Waals surface area (Å²) in [5, 5.41) is 32.3. The average molecular weight is 424 g/mol. The van der Waals surface area contributed by atoms with Crippen LogP contribution in [0.4, 0.5) is 0 Å². The molecule has 2 heterocycles. The molecule has 0 fully saturated rings. The largest absolute Gasteiger partial charge is 0.308 e. The normalized spacial score (nSPS) is 11.0. The number of aromatic nitrogens is 1. The Morgan fingerprint density at radius 3 is 1.75 bits per heavy atom. The van der Waals surface area contributed by atoms with Gasteiger partial charge in [-0.2, -0.15) is 15.8 Å². The fourth-order valence-electron chi connectivity index (χ4n) is 4.45. The lowest BCUT2D eigenvalue weighted by atomic mass is 10.1. The molecular weight excluding hydrogens is 412 g/mol. The molecule has 5 heteroatoms. The van der Waals surface area contributed by atoms with Gasteiger partial charge < -0.3 is 4.57 Å². The highest BCUT2D eigenvalue weighted by Gasteiger charge is 2.17. The van der Waals surface area contributed by atoms with Gasteiger partial charge in [0.15, 0.2) is 0 Å². The van der Waals surface area contributed by atoms with E-state index in [0.29, 0.717) is 16.7 Å². The molecule has 0 bridgehead atoms. The number of nitriles is 3. The monoisotopic (exact) mass is 424 g/mol. The van der Waals surface area contributed by atoms with Gasteiger partial charge in [0.1, 0.15) is 0 Å². The van der Waals surface area contributed by atoms with E-state index in [1.165, 1.54) is 0 Å². The van der Waals surface area contributed by atoms with Crippen LogP contribution in [0.1, 0.15) is 16.7 Å². The minimum atomic E-state index is 0.586. The summed E-state index contributed by atoms with van der Waals surface area (Å²) in [6, 6.07) is 30.1. The summed E-state index contributed by atoms with van der Waals surface area (Å²) in [4.78, 5) is 0. The summed E-state index contributed by atoms with van der Waals surface area (Å²) in [6.07, 6.45) is 0. The number of fused-ring (bicyclic) bond motifs is 6. The molecule has 6 aromatic rings. The number of hydrogen-bond acceptors (Lipinski definition) is 4. The highest BCUT2D eigenvalue weighted by Crippen LogP contribution is 2.41. The van der Waals surface area contributed by atoms with Gasteiger partial charge in [0.25, 0.3) is 0 Å². The summed E-state index contributed by atoms with van der Waals surface area (Å²) >= 11 is 1.70. The maximum Gasteiger partial charge on any atom is 0.0991 e. The average Bonchev–Trinajstić information content (AvgIpc) is 3.38. The van der Waals surface area contributed by atoms with Crippen molar-refractivity contribution in [3.8, 4) is 23.9 Å². The molecule has 0 radical (unpaired) electrons. The van der Waals surface area contributed by atoms with Gasteiger partial charge in [0, 0.05) is 26.2 Å². The smallest absolute Gasteiger partial charge is 0.0991 e. The minimum Gasteiger partial charge on any atom is -0.308 e. The molecule has 4 aromatic carbocycles. The van der Waals surface area contributed by atoms with E-state index in [2.05, 4.69) is 34.9 Å². The van der Waals surface area contributed by atoms with Crippen LogP contribution < -0.4 is 0 Å². The van der Waals surface area contributed by atoms with Crippen LogP contribution in [0.25, 0.3) is 47.7 Å². The summed E-state index contributed by atoms with van der Waals surface area (Å²) in [7, 11) is 0. The standard InChI is InChI=1S/C27H12N4S/c28-13-16-4-7-23-20(10-16)21-11-17(14-29)5-8-24(21)31(23)25-3-1-2-19-22-12-18(15-30)6-9-26(22)32-27(19)25/h1-12H. The molecule has 6 rings (SSSR count). The molecule has 0 aliphatic carbocycles. The fraction of sp³-hybridized carbons (Fsp3) is 0. The number of rotatable bonds is 1. The molecular formula is C27H12N4S. The van der Waals surface area contributed by atoms with E-state index in [0.717, 1.165) is 47.7 Å². The molecule has 2 aromatic heterocycles. The van der Waals surface area contributed by atoms with Crippen LogP contribution >= 0.6 is 11.3 Å². The molecule has 0 aliphatic rings. The Hall–Kier alpha value is -4.63. The molecule has 0 saturated carbocycles. The Kier molecular flexibility index (Phi) is 3.80. The van der Waals surface area contributed by atoms with E-state index >= 15 is 0 Å². The second kappa shape index (κ2) is 6.69. The third kappa shape index (κ3) is 2.45. The van der Waals surface area contributed by atoms with Gasteiger partial charge in [-0.25, -0.2) is 0 Å². The van der Waals surface area contributed by atoms with E-state index in [9.17, 15) is 15.8 Å². The van der Waals surface area contributed by atoms with Crippen molar-refractivity contribution in [2.24, 2.45) is 0 Å². The molecule has 0 atom stereocenters. The van der Waals surface area contributed by atoms with Gasteiger partial charge in [-0.1, -0.05) is 12.1 Å². The number of thiophene rings is 1. The first-order chi connectivity index (χ1) is 15.7. The molecule has 0 N–H and O–H groups in total. The quantitative estimate of drug-likeness (QED) is 0.292. The highest BCUT2D eigenvalue weighted by atomic mass is 32.1. The molecule has 32 heavy (non-hydrogen) atoms. The molecule has 0 spiro atoms. The van der Waals surface area contributed by atoms with Crippen molar-refractivity contribution < 1.29 is 0 Å². The lowest BCUT2D eigenvalue weighted by molar-refractivity contribution is 1.20. The van der Waals surface area contributed by atoms with Gasteiger partial charge in [0.2, 0.25) is 0 Å². The van der Waals surface area contributed by atoms with E-state index < -0.39 is 0 Å². The van der Waals surface area contributed by atoms with Crippen LogP contribution in [0, 0.1) is 34.0 Å². The Balaban J connectivity index is 1.78. The first kappa shape index (κ1) is 18.2. The van der Waals surface area contributed by atoms with Gasteiger partial charge in [0.05, 0.1) is 56.3 Å². The Morgan fingerprint density at radius 2 is 1.16 bits per heavy atom. The van der Waals surface area contributed by atoms with Crippen LogP contribution in [0.2, 0.25) is 0 Å². The zero-order chi connectivity index (χ0) is 21.8. The van der Waals surface area contributed by atoms with Crippen LogP contribution in [0.3, 0.4) is 0 Å². The van der Waals surface area contributed by atoms with Crippen molar-refractivity contribution in [2.45, 2.75) is 0 Å². The number of hydrogen-bond donors (Lipinski definition) is 0. The number of nitrogens with zero attached hydrogens (tertiary/aromatic N) is 4. The molecule has 0 amide bonds. The molecule has 0 unspecified atom stereocenters. The molecule has 0 saturated heterocycles.